The SMILES string of the molecule is COc1cccc(CNC(=O)NCCC(=O)O)c1OC. The minimum atomic E-state index is -0.959. The van der Waals surface area contributed by atoms with Gasteiger partial charge in [0.1, 0.15) is 0 Å². The Balaban J connectivity index is 2.53. The molecule has 1 aromatic carbocycles. The van der Waals surface area contributed by atoms with Crippen LogP contribution in [0.2, 0.25) is 0 Å². The molecule has 0 atom stereocenters. The summed E-state index contributed by atoms with van der Waals surface area (Å²) in [4.78, 5) is 21.8. The van der Waals surface area contributed by atoms with Crippen molar-refractivity contribution in [2.75, 3.05) is 20.8 Å². The Kier molecular flexibility index (Phi) is 6.15. The Hall–Kier alpha value is -2.44. The zero-order valence-corrected chi connectivity index (χ0v) is 11.4. The summed E-state index contributed by atoms with van der Waals surface area (Å²) in [5.74, 6) is 0.179. The van der Waals surface area contributed by atoms with E-state index in [4.69, 9.17) is 14.6 Å². The molecule has 0 aromatic heterocycles. The number of ether oxygens (including phenoxy) is 2. The highest BCUT2D eigenvalue weighted by atomic mass is 16.5. The lowest BCUT2D eigenvalue weighted by Gasteiger charge is -2.13. The van der Waals surface area contributed by atoms with Crippen LogP contribution in [-0.4, -0.2) is 37.9 Å². The molecule has 7 nitrogen and oxygen atoms in total. The van der Waals surface area contributed by atoms with E-state index in [1.807, 2.05) is 0 Å². The van der Waals surface area contributed by atoms with Gasteiger partial charge in [0.25, 0.3) is 0 Å². The molecule has 110 valence electrons. The van der Waals surface area contributed by atoms with Crippen LogP contribution in [-0.2, 0) is 11.3 Å². The van der Waals surface area contributed by atoms with Crippen molar-refractivity contribution in [2.24, 2.45) is 0 Å². The molecule has 0 saturated heterocycles. The van der Waals surface area contributed by atoms with Gasteiger partial charge in [-0.1, -0.05) is 12.1 Å². The molecule has 1 rings (SSSR count). The van der Waals surface area contributed by atoms with E-state index < -0.39 is 12.0 Å². The molecular formula is C13H18N2O5. The van der Waals surface area contributed by atoms with E-state index in [1.165, 1.54) is 14.2 Å². The van der Waals surface area contributed by atoms with Gasteiger partial charge in [-0.3, -0.25) is 4.79 Å². The number of carboxylic acids is 1. The Morgan fingerprint density at radius 3 is 2.55 bits per heavy atom. The zero-order valence-electron chi connectivity index (χ0n) is 11.4. The molecule has 0 aliphatic rings. The van der Waals surface area contributed by atoms with E-state index in [1.54, 1.807) is 18.2 Å². The van der Waals surface area contributed by atoms with Gasteiger partial charge in [-0.05, 0) is 6.07 Å². The molecule has 0 unspecified atom stereocenters. The van der Waals surface area contributed by atoms with Gasteiger partial charge in [0.2, 0.25) is 0 Å². The second-order valence-corrected chi connectivity index (χ2v) is 3.91. The Bertz CT molecular complexity index is 476. The molecule has 0 aliphatic heterocycles. The van der Waals surface area contributed by atoms with Crippen molar-refractivity contribution in [3.63, 3.8) is 0 Å². The lowest BCUT2D eigenvalue weighted by molar-refractivity contribution is -0.136. The van der Waals surface area contributed by atoms with Crippen molar-refractivity contribution in [3.05, 3.63) is 23.8 Å². The Morgan fingerprint density at radius 1 is 1.20 bits per heavy atom. The molecule has 20 heavy (non-hydrogen) atoms. The van der Waals surface area contributed by atoms with Crippen LogP contribution in [0.25, 0.3) is 0 Å². The summed E-state index contributed by atoms with van der Waals surface area (Å²) in [6.45, 7) is 0.329. The number of benzene rings is 1. The van der Waals surface area contributed by atoms with Gasteiger partial charge < -0.3 is 25.2 Å². The van der Waals surface area contributed by atoms with E-state index in [0.29, 0.717) is 11.5 Å². The third-order valence-corrected chi connectivity index (χ3v) is 2.55. The summed E-state index contributed by atoms with van der Waals surface area (Å²) in [6, 6.07) is 4.92. The highest BCUT2D eigenvalue weighted by Crippen LogP contribution is 2.30. The molecule has 7 heteroatoms. The topological polar surface area (TPSA) is 96.9 Å². The van der Waals surface area contributed by atoms with Crippen molar-refractivity contribution in [1.82, 2.24) is 10.6 Å². The van der Waals surface area contributed by atoms with E-state index in [9.17, 15) is 9.59 Å². The number of nitrogens with one attached hydrogen (secondary N) is 2. The fourth-order valence-electron chi connectivity index (χ4n) is 1.61. The first-order valence-electron chi connectivity index (χ1n) is 6.01. The van der Waals surface area contributed by atoms with Crippen molar-refractivity contribution in [2.45, 2.75) is 13.0 Å². The van der Waals surface area contributed by atoms with Gasteiger partial charge in [0, 0.05) is 18.7 Å². The number of hydrogen-bond donors (Lipinski definition) is 3. The van der Waals surface area contributed by atoms with Gasteiger partial charge in [-0.2, -0.15) is 0 Å². The maximum atomic E-state index is 11.5. The number of carbonyl (C=O) groups excluding carboxylic acids is 1. The number of aliphatic carboxylic acids is 1. The molecule has 0 fully saturated rings. The number of carbonyl (C=O) groups is 2. The highest BCUT2D eigenvalue weighted by Gasteiger charge is 2.10. The Morgan fingerprint density at radius 2 is 1.95 bits per heavy atom. The third kappa shape index (κ3) is 4.68. The number of methoxy groups -OCH3 is 2. The van der Waals surface area contributed by atoms with E-state index >= 15 is 0 Å². The molecule has 1 aromatic rings. The monoisotopic (exact) mass is 282 g/mol. The molecule has 3 N–H and O–H groups in total. The van der Waals surface area contributed by atoms with Crippen LogP contribution in [0.1, 0.15) is 12.0 Å². The molecule has 0 spiro atoms. The number of para-hydroxylation sites is 1. The van der Waals surface area contributed by atoms with Gasteiger partial charge in [-0.15, -0.1) is 0 Å². The van der Waals surface area contributed by atoms with Gasteiger partial charge in [0.15, 0.2) is 11.5 Å². The molecule has 0 heterocycles. The quantitative estimate of drug-likeness (QED) is 0.692. The maximum Gasteiger partial charge on any atom is 0.315 e. The molecule has 0 radical (unpaired) electrons. The van der Waals surface area contributed by atoms with Crippen LogP contribution in [0.4, 0.5) is 4.79 Å². The predicted molar refractivity (Wildman–Crippen MR) is 72.0 cm³/mol. The first-order valence-corrected chi connectivity index (χ1v) is 6.01. The highest BCUT2D eigenvalue weighted by molar-refractivity contribution is 5.75. The van der Waals surface area contributed by atoms with Crippen molar-refractivity contribution >= 4 is 12.0 Å². The normalized spacial score (nSPS) is 9.70. The lowest BCUT2D eigenvalue weighted by atomic mass is 10.2. The number of hydrogen-bond acceptors (Lipinski definition) is 4. The van der Waals surface area contributed by atoms with Gasteiger partial charge >= 0.3 is 12.0 Å². The molecular weight excluding hydrogens is 264 g/mol. The second kappa shape index (κ2) is 7.88. The van der Waals surface area contributed by atoms with Crippen LogP contribution in [0.15, 0.2) is 18.2 Å². The van der Waals surface area contributed by atoms with Crippen LogP contribution < -0.4 is 20.1 Å². The van der Waals surface area contributed by atoms with Crippen LogP contribution in [0.5, 0.6) is 11.5 Å². The number of carboxylic acid groups (broad SMARTS) is 1. The number of amides is 2. The molecule has 0 bridgehead atoms. The summed E-state index contributed by atoms with van der Waals surface area (Å²) >= 11 is 0. The van der Waals surface area contributed by atoms with E-state index in [0.717, 1.165) is 5.56 Å². The van der Waals surface area contributed by atoms with Gasteiger partial charge in [-0.25, -0.2) is 4.79 Å². The summed E-state index contributed by atoms with van der Waals surface area (Å²) in [5, 5.41) is 13.5. The first kappa shape index (κ1) is 15.6. The lowest BCUT2D eigenvalue weighted by Crippen LogP contribution is -2.36. The molecule has 2 amide bonds. The van der Waals surface area contributed by atoms with E-state index in [-0.39, 0.29) is 19.5 Å². The third-order valence-electron chi connectivity index (χ3n) is 2.55. The first-order chi connectivity index (χ1) is 9.58. The smallest absolute Gasteiger partial charge is 0.315 e. The molecule has 0 aliphatic carbocycles. The zero-order chi connectivity index (χ0) is 15.0. The number of rotatable bonds is 7. The summed E-state index contributed by atoms with van der Waals surface area (Å²) in [7, 11) is 3.06. The maximum absolute atomic E-state index is 11.5. The van der Waals surface area contributed by atoms with Crippen LogP contribution >= 0.6 is 0 Å². The largest absolute Gasteiger partial charge is 0.493 e. The van der Waals surface area contributed by atoms with Crippen LogP contribution in [0, 0.1) is 0 Å². The van der Waals surface area contributed by atoms with Crippen LogP contribution in [0.3, 0.4) is 0 Å². The number of urea groups is 1. The minimum Gasteiger partial charge on any atom is -0.493 e. The average molecular weight is 282 g/mol. The summed E-state index contributed by atoms with van der Waals surface area (Å²) in [5.41, 5.74) is 0.764. The predicted octanol–water partition coefficient (Wildman–Crippen LogP) is 0.978. The second-order valence-electron chi connectivity index (χ2n) is 3.91. The van der Waals surface area contributed by atoms with Crippen molar-refractivity contribution in [3.8, 4) is 11.5 Å². The Labute approximate surface area is 116 Å². The van der Waals surface area contributed by atoms with E-state index in [2.05, 4.69) is 10.6 Å². The fourth-order valence-corrected chi connectivity index (χ4v) is 1.61. The van der Waals surface area contributed by atoms with Gasteiger partial charge in [0.05, 0.1) is 20.6 Å². The van der Waals surface area contributed by atoms with Crippen molar-refractivity contribution in [1.29, 1.82) is 0 Å². The standard InChI is InChI=1S/C13H18N2O5/c1-19-10-5-3-4-9(12(10)20-2)8-15-13(18)14-7-6-11(16)17/h3-5H,6-8H2,1-2H3,(H,16,17)(H2,14,15,18). The average Bonchev–Trinajstić information content (AvgIpc) is 2.44. The summed E-state index contributed by atoms with van der Waals surface area (Å²) < 4.78 is 10.4. The minimum absolute atomic E-state index is 0.0798. The fraction of sp³-hybridized carbons (Fsp3) is 0.385. The van der Waals surface area contributed by atoms with Crippen molar-refractivity contribution < 1.29 is 24.2 Å². The molecule has 0 saturated carbocycles. The summed E-state index contributed by atoms with van der Waals surface area (Å²) in [6.07, 6.45) is -0.115.